The molecular formula is C11H14N2OS. The fraction of sp³-hybridized carbons (Fsp3) is 0.364. The maximum Gasteiger partial charge on any atom is 0.317 e. The first-order valence-electron chi connectivity index (χ1n) is 4.95. The van der Waals surface area contributed by atoms with Gasteiger partial charge in [-0.2, -0.15) is 0 Å². The number of thioether (sulfide) groups is 1. The molecule has 1 heterocycles. The number of hydrogen-bond donors (Lipinski definition) is 1. The van der Waals surface area contributed by atoms with Crippen molar-refractivity contribution in [3.63, 3.8) is 0 Å². The SMILES string of the molecule is CSc1ccc(CN2CCNC2=O)cc1. The van der Waals surface area contributed by atoms with Crippen LogP contribution >= 0.6 is 11.8 Å². The highest BCUT2D eigenvalue weighted by atomic mass is 32.2. The zero-order valence-corrected chi connectivity index (χ0v) is 9.51. The summed E-state index contributed by atoms with van der Waals surface area (Å²) in [5, 5.41) is 2.80. The van der Waals surface area contributed by atoms with Crippen molar-refractivity contribution < 1.29 is 4.79 Å². The van der Waals surface area contributed by atoms with Crippen LogP contribution in [0.25, 0.3) is 0 Å². The number of nitrogens with one attached hydrogen (secondary N) is 1. The van der Waals surface area contributed by atoms with Crippen molar-refractivity contribution in [3.05, 3.63) is 29.8 Å². The number of amides is 2. The first kappa shape index (κ1) is 10.4. The molecule has 0 spiro atoms. The fourth-order valence-electron chi connectivity index (χ4n) is 1.61. The van der Waals surface area contributed by atoms with E-state index in [1.165, 1.54) is 10.5 Å². The van der Waals surface area contributed by atoms with E-state index in [1.54, 1.807) is 11.8 Å². The second-order valence-electron chi connectivity index (χ2n) is 3.50. The third kappa shape index (κ3) is 2.45. The Bertz CT molecular complexity index is 350. The van der Waals surface area contributed by atoms with Crippen LogP contribution < -0.4 is 5.32 Å². The molecule has 80 valence electrons. The molecule has 1 N–H and O–H groups in total. The summed E-state index contributed by atoms with van der Waals surface area (Å²) < 4.78 is 0. The highest BCUT2D eigenvalue weighted by Crippen LogP contribution is 2.16. The van der Waals surface area contributed by atoms with Crippen LogP contribution in [0, 0.1) is 0 Å². The smallest absolute Gasteiger partial charge is 0.317 e. The Kier molecular flexibility index (Phi) is 3.16. The van der Waals surface area contributed by atoms with Crippen LogP contribution in [-0.2, 0) is 6.54 Å². The van der Waals surface area contributed by atoms with Gasteiger partial charge in [0.05, 0.1) is 0 Å². The molecule has 0 bridgehead atoms. The topological polar surface area (TPSA) is 32.3 Å². The quantitative estimate of drug-likeness (QED) is 0.793. The van der Waals surface area contributed by atoms with Gasteiger partial charge in [-0.1, -0.05) is 12.1 Å². The van der Waals surface area contributed by atoms with Crippen molar-refractivity contribution in [1.29, 1.82) is 0 Å². The van der Waals surface area contributed by atoms with E-state index >= 15 is 0 Å². The van der Waals surface area contributed by atoms with E-state index in [1.807, 2.05) is 4.90 Å². The van der Waals surface area contributed by atoms with Crippen molar-refractivity contribution in [1.82, 2.24) is 10.2 Å². The molecule has 1 aliphatic heterocycles. The molecule has 1 aromatic rings. The van der Waals surface area contributed by atoms with Gasteiger partial charge >= 0.3 is 6.03 Å². The second-order valence-corrected chi connectivity index (χ2v) is 4.38. The Morgan fingerprint density at radius 2 is 2.13 bits per heavy atom. The number of carbonyl (C=O) groups is 1. The van der Waals surface area contributed by atoms with Crippen LogP contribution in [0.4, 0.5) is 4.79 Å². The molecule has 2 rings (SSSR count). The minimum atomic E-state index is 0.0453. The molecular weight excluding hydrogens is 208 g/mol. The predicted octanol–water partition coefficient (Wildman–Crippen LogP) is 1.93. The van der Waals surface area contributed by atoms with Gasteiger partial charge in [0.15, 0.2) is 0 Å². The predicted molar refractivity (Wildman–Crippen MR) is 62.0 cm³/mol. The van der Waals surface area contributed by atoms with E-state index in [0.717, 1.165) is 13.1 Å². The normalized spacial score (nSPS) is 15.5. The third-order valence-corrected chi connectivity index (χ3v) is 3.22. The molecule has 0 saturated carbocycles. The lowest BCUT2D eigenvalue weighted by Crippen LogP contribution is -2.27. The summed E-state index contributed by atoms with van der Waals surface area (Å²) in [6.45, 7) is 2.28. The number of rotatable bonds is 3. The maximum atomic E-state index is 11.3. The Morgan fingerprint density at radius 1 is 1.40 bits per heavy atom. The highest BCUT2D eigenvalue weighted by molar-refractivity contribution is 7.98. The van der Waals surface area contributed by atoms with Gasteiger partial charge in [-0.15, -0.1) is 11.8 Å². The average Bonchev–Trinajstić information content (AvgIpc) is 2.66. The summed E-state index contributed by atoms with van der Waals surface area (Å²) in [5.74, 6) is 0. The van der Waals surface area contributed by atoms with E-state index in [9.17, 15) is 4.79 Å². The van der Waals surface area contributed by atoms with Crippen molar-refractivity contribution in [3.8, 4) is 0 Å². The second kappa shape index (κ2) is 4.57. The van der Waals surface area contributed by atoms with Crippen molar-refractivity contribution in [2.45, 2.75) is 11.4 Å². The number of carbonyl (C=O) groups excluding carboxylic acids is 1. The van der Waals surface area contributed by atoms with Gasteiger partial charge in [0.1, 0.15) is 0 Å². The summed E-state index contributed by atoms with van der Waals surface area (Å²) in [7, 11) is 0. The summed E-state index contributed by atoms with van der Waals surface area (Å²) in [6, 6.07) is 8.39. The van der Waals surface area contributed by atoms with Gasteiger partial charge in [-0.05, 0) is 24.0 Å². The van der Waals surface area contributed by atoms with Crippen LogP contribution in [0.3, 0.4) is 0 Å². The van der Waals surface area contributed by atoms with Gasteiger partial charge in [-0.3, -0.25) is 0 Å². The fourth-order valence-corrected chi connectivity index (χ4v) is 2.02. The van der Waals surface area contributed by atoms with Crippen LogP contribution in [-0.4, -0.2) is 30.3 Å². The van der Waals surface area contributed by atoms with Crippen molar-refractivity contribution in [2.24, 2.45) is 0 Å². The zero-order chi connectivity index (χ0) is 10.7. The third-order valence-electron chi connectivity index (χ3n) is 2.48. The van der Waals surface area contributed by atoms with Crippen molar-refractivity contribution >= 4 is 17.8 Å². The van der Waals surface area contributed by atoms with Crippen LogP contribution in [0.15, 0.2) is 29.2 Å². The monoisotopic (exact) mass is 222 g/mol. The Hall–Kier alpha value is -1.16. The maximum absolute atomic E-state index is 11.3. The molecule has 0 aromatic heterocycles. The summed E-state index contributed by atoms with van der Waals surface area (Å²) in [6.07, 6.45) is 2.06. The lowest BCUT2D eigenvalue weighted by molar-refractivity contribution is 0.215. The summed E-state index contributed by atoms with van der Waals surface area (Å²) in [4.78, 5) is 14.4. The molecule has 2 amide bonds. The molecule has 0 aliphatic carbocycles. The van der Waals surface area contributed by atoms with E-state index in [4.69, 9.17) is 0 Å². The lowest BCUT2D eigenvalue weighted by Gasteiger charge is -2.13. The largest absolute Gasteiger partial charge is 0.336 e. The minimum absolute atomic E-state index is 0.0453. The minimum Gasteiger partial charge on any atom is -0.336 e. The Balaban J connectivity index is 2.01. The van der Waals surface area contributed by atoms with E-state index in [0.29, 0.717) is 6.54 Å². The van der Waals surface area contributed by atoms with Gasteiger partial charge in [-0.25, -0.2) is 4.79 Å². The highest BCUT2D eigenvalue weighted by Gasteiger charge is 2.18. The number of benzene rings is 1. The molecule has 1 saturated heterocycles. The molecule has 1 aromatic carbocycles. The molecule has 1 aliphatic rings. The molecule has 4 heteroatoms. The number of nitrogens with zero attached hydrogens (tertiary/aromatic N) is 1. The first-order valence-corrected chi connectivity index (χ1v) is 6.18. The van der Waals surface area contributed by atoms with Crippen LogP contribution in [0.1, 0.15) is 5.56 Å². The zero-order valence-electron chi connectivity index (χ0n) is 8.69. The summed E-state index contributed by atoms with van der Waals surface area (Å²) in [5.41, 5.74) is 1.19. The lowest BCUT2D eigenvalue weighted by atomic mass is 10.2. The Labute approximate surface area is 93.8 Å². The Morgan fingerprint density at radius 3 is 2.67 bits per heavy atom. The van der Waals surface area contributed by atoms with Gasteiger partial charge in [0.2, 0.25) is 0 Å². The molecule has 15 heavy (non-hydrogen) atoms. The van der Waals surface area contributed by atoms with Crippen molar-refractivity contribution in [2.75, 3.05) is 19.3 Å². The molecule has 0 atom stereocenters. The molecule has 3 nitrogen and oxygen atoms in total. The van der Waals surface area contributed by atoms with Gasteiger partial charge < -0.3 is 10.2 Å². The van der Waals surface area contributed by atoms with Gasteiger partial charge in [0, 0.05) is 24.5 Å². The van der Waals surface area contributed by atoms with Gasteiger partial charge in [0.25, 0.3) is 0 Å². The van der Waals surface area contributed by atoms with E-state index < -0.39 is 0 Å². The molecule has 0 radical (unpaired) electrons. The van der Waals surface area contributed by atoms with Crippen LogP contribution in [0.5, 0.6) is 0 Å². The average molecular weight is 222 g/mol. The summed E-state index contributed by atoms with van der Waals surface area (Å²) >= 11 is 1.73. The number of urea groups is 1. The van der Waals surface area contributed by atoms with E-state index in [2.05, 4.69) is 35.8 Å². The first-order chi connectivity index (χ1) is 7.29. The van der Waals surface area contributed by atoms with Crippen LogP contribution in [0.2, 0.25) is 0 Å². The number of hydrogen-bond acceptors (Lipinski definition) is 2. The van der Waals surface area contributed by atoms with E-state index in [-0.39, 0.29) is 6.03 Å². The standard InChI is InChI=1S/C11H14N2OS/c1-15-10-4-2-9(3-5-10)8-13-7-6-12-11(13)14/h2-5H,6-8H2,1H3,(H,12,14). The molecule has 1 fully saturated rings. The molecule has 0 unspecified atom stereocenters.